The number of carbonyl (C=O) groups is 1. The first-order valence-electron chi connectivity index (χ1n) is 9.32. The van der Waals surface area contributed by atoms with E-state index in [9.17, 15) is 18.5 Å². The van der Waals surface area contributed by atoms with Crippen molar-refractivity contribution in [2.24, 2.45) is 0 Å². The zero-order valence-corrected chi connectivity index (χ0v) is 20.8. The third kappa shape index (κ3) is 6.45. The van der Waals surface area contributed by atoms with Crippen molar-refractivity contribution in [3.8, 4) is 17.6 Å². The molecule has 0 atom stereocenters. The lowest BCUT2D eigenvalue weighted by molar-refractivity contribution is -0.112. The van der Waals surface area contributed by atoms with Crippen molar-refractivity contribution in [2.75, 3.05) is 18.7 Å². The Morgan fingerprint density at radius 2 is 2.00 bits per heavy atom. The molecule has 0 saturated heterocycles. The van der Waals surface area contributed by atoms with Crippen LogP contribution >= 0.6 is 34.7 Å². The number of benzene rings is 2. The second kappa shape index (κ2) is 10.8. The SMILES string of the molecule is COc1cc(/C=C(/C#N)C(=O)Nc2nc(S(C)(=O)=O)ns2)ccc1OCc1ccc(Cl)cc1Cl. The molecule has 1 N–H and O–H groups in total. The molecule has 0 radical (unpaired) electrons. The van der Waals surface area contributed by atoms with Crippen molar-refractivity contribution < 1.29 is 22.7 Å². The minimum Gasteiger partial charge on any atom is -0.493 e. The minimum absolute atomic E-state index is 0.0474. The second-order valence-corrected chi connectivity index (χ2v) is 10.2. The second-order valence-electron chi connectivity index (χ2n) is 6.71. The molecule has 1 heterocycles. The van der Waals surface area contributed by atoms with Gasteiger partial charge in [0.2, 0.25) is 15.0 Å². The predicted octanol–water partition coefficient (Wildman–Crippen LogP) is 4.38. The lowest BCUT2D eigenvalue weighted by Gasteiger charge is -2.12. The van der Waals surface area contributed by atoms with E-state index in [2.05, 4.69) is 14.7 Å². The van der Waals surface area contributed by atoms with E-state index in [1.165, 1.54) is 13.2 Å². The molecule has 9 nitrogen and oxygen atoms in total. The Labute approximate surface area is 209 Å². The summed E-state index contributed by atoms with van der Waals surface area (Å²) in [6.45, 7) is 0.171. The fourth-order valence-corrected chi connectivity index (χ4v) is 4.48. The first-order chi connectivity index (χ1) is 16.1. The summed E-state index contributed by atoms with van der Waals surface area (Å²) in [6, 6.07) is 11.7. The molecule has 2 aromatic carbocycles. The summed E-state index contributed by atoms with van der Waals surface area (Å²) in [6.07, 6.45) is 2.29. The predicted molar refractivity (Wildman–Crippen MR) is 129 cm³/mol. The van der Waals surface area contributed by atoms with Crippen LogP contribution in [0.5, 0.6) is 11.5 Å². The van der Waals surface area contributed by atoms with Crippen LogP contribution in [0.15, 0.2) is 47.1 Å². The summed E-state index contributed by atoms with van der Waals surface area (Å²) in [5.41, 5.74) is 0.991. The van der Waals surface area contributed by atoms with Crippen molar-refractivity contribution >= 4 is 61.7 Å². The number of sulfone groups is 1. The number of nitrogens with zero attached hydrogens (tertiary/aromatic N) is 3. The van der Waals surface area contributed by atoms with Crippen molar-refractivity contribution in [2.45, 2.75) is 11.8 Å². The average molecular weight is 539 g/mol. The highest BCUT2D eigenvalue weighted by Crippen LogP contribution is 2.31. The maximum Gasteiger partial charge on any atom is 0.268 e. The molecular formula is C21H16Cl2N4O5S2. The Morgan fingerprint density at radius 1 is 1.24 bits per heavy atom. The normalized spacial score (nSPS) is 11.6. The van der Waals surface area contributed by atoms with Crippen molar-refractivity contribution in [3.63, 3.8) is 0 Å². The largest absolute Gasteiger partial charge is 0.493 e. The smallest absolute Gasteiger partial charge is 0.268 e. The maximum absolute atomic E-state index is 12.5. The molecule has 1 amide bonds. The van der Waals surface area contributed by atoms with Gasteiger partial charge < -0.3 is 9.47 Å². The number of carbonyl (C=O) groups excluding carboxylic acids is 1. The van der Waals surface area contributed by atoms with Crippen LogP contribution in [0, 0.1) is 11.3 Å². The van der Waals surface area contributed by atoms with Gasteiger partial charge in [0, 0.05) is 33.4 Å². The lowest BCUT2D eigenvalue weighted by Crippen LogP contribution is -2.13. The molecule has 13 heteroatoms. The number of halogens is 2. The fraction of sp³-hybridized carbons (Fsp3) is 0.143. The third-order valence-electron chi connectivity index (χ3n) is 4.22. The highest BCUT2D eigenvalue weighted by atomic mass is 35.5. The summed E-state index contributed by atoms with van der Waals surface area (Å²) < 4.78 is 37.8. The lowest BCUT2D eigenvalue weighted by atomic mass is 10.1. The van der Waals surface area contributed by atoms with E-state index in [-0.39, 0.29) is 17.3 Å². The van der Waals surface area contributed by atoms with Gasteiger partial charge in [0.1, 0.15) is 18.2 Å². The highest BCUT2D eigenvalue weighted by molar-refractivity contribution is 7.90. The first kappa shape index (κ1) is 25.5. The van der Waals surface area contributed by atoms with Crippen LogP contribution in [0.4, 0.5) is 5.13 Å². The molecule has 0 aliphatic carbocycles. The fourth-order valence-electron chi connectivity index (χ4n) is 2.58. The van der Waals surface area contributed by atoms with Crippen LogP contribution < -0.4 is 14.8 Å². The van der Waals surface area contributed by atoms with E-state index in [0.29, 0.717) is 38.6 Å². The Morgan fingerprint density at radius 3 is 2.62 bits per heavy atom. The van der Waals surface area contributed by atoms with Crippen LogP contribution in [0.25, 0.3) is 6.08 Å². The molecule has 1 aromatic heterocycles. The summed E-state index contributed by atoms with van der Waals surface area (Å²) >= 11 is 12.8. The monoisotopic (exact) mass is 538 g/mol. The van der Waals surface area contributed by atoms with Crippen LogP contribution in [0.1, 0.15) is 11.1 Å². The van der Waals surface area contributed by atoms with Gasteiger partial charge >= 0.3 is 0 Å². The third-order valence-corrected chi connectivity index (χ3v) is 6.40. The van der Waals surface area contributed by atoms with Gasteiger partial charge in [-0.15, -0.1) is 0 Å². The number of hydrogen-bond donors (Lipinski definition) is 1. The number of ether oxygens (including phenoxy) is 2. The standard InChI is InChI=1S/C21H16Cl2N4O5S2/c1-31-18-8-12(3-6-17(18)32-11-13-4-5-15(22)9-16(13)23)7-14(10-24)19(28)25-20-26-21(27-33-20)34(2,29)30/h3-9H,11H2,1-2H3,(H,25,26,27,28)/b14-7-. The summed E-state index contributed by atoms with van der Waals surface area (Å²) in [4.78, 5) is 16.2. The molecule has 0 unspecified atom stereocenters. The van der Waals surface area contributed by atoms with Gasteiger partial charge in [-0.3, -0.25) is 10.1 Å². The van der Waals surface area contributed by atoms with E-state index < -0.39 is 20.9 Å². The molecule has 0 spiro atoms. The van der Waals surface area contributed by atoms with Crippen molar-refractivity contribution in [1.82, 2.24) is 9.36 Å². The van der Waals surface area contributed by atoms with Gasteiger partial charge in [-0.25, -0.2) is 8.42 Å². The van der Waals surface area contributed by atoms with E-state index in [1.807, 2.05) is 0 Å². The summed E-state index contributed by atoms with van der Waals surface area (Å²) in [5.74, 6) is 0.0321. The Kier molecular flexibility index (Phi) is 8.11. The van der Waals surface area contributed by atoms with Crippen molar-refractivity contribution in [3.05, 3.63) is 63.1 Å². The van der Waals surface area contributed by atoms with Crippen LogP contribution in [-0.2, 0) is 21.2 Å². The number of nitrogens with one attached hydrogen (secondary N) is 1. The number of amides is 1. The number of nitriles is 1. The molecule has 0 saturated carbocycles. The Balaban J connectivity index is 1.76. The number of rotatable bonds is 8. The van der Waals surface area contributed by atoms with Gasteiger partial charge in [0.05, 0.1) is 7.11 Å². The molecule has 3 rings (SSSR count). The molecule has 0 bridgehead atoms. The molecule has 0 aliphatic heterocycles. The van der Waals surface area contributed by atoms with Crippen LogP contribution in [-0.4, -0.2) is 37.0 Å². The van der Waals surface area contributed by atoms with E-state index in [0.717, 1.165) is 11.8 Å². The minimum atomic E-state index is -3.61. The number of hydrogen-bond acceptors (Lipinski definition) is 9. The maximum atomic E-state index is 12.5. The Hall–Kier alpha value is -3.17. The van der Waals surface area contributed by atoms with Crippen LogP contribution in [0.3, 0.4) is 0 Å². The van der Waals surface area contributed by atoms with E-state index in [1.54, 1.807) is 42.5 Å². The van der Waals surface area contributed by atoms with Gasteiger partial charge in [-0.1, -0.05) is 35.3 Å². The van der Waals surface area contributed by atoms with E-state index in [4.69, 9.17) is 32.7 Å². The molecule has 34 heavy (non-hydrogen) atoms. The molecule has 0 fully saturated rings. The molecule has 0 aliphatic rings. The zero-order valence-electron chi connectivity index (χ0n) is 17.7. The van der Waals surface area contributed by atoms with Crippen LogP contribution in [0.2, 0.25) is 10.0 Å². The summed E-state index contributed by atoms with van der Waals surface area (Å²) in [5, 5.41) is 12.3. The topological polar surface area (TPSA) is 131 Å². The number of aromatic nitrogens is 2. The average Bonchev–Trinajstić information content (AvgIpc) is 3.26. The molecular weight excluding hydrogens is 523 g/mol. The molecule has 176 valence electrons. The number of anilines is 1. The van der Waals surface area contributed by atoms with Gasteiger partial charge in [0.25, 0.3) is 11.1 Å². The van der Waals surface area contributed by atoms with Gasteiger partial charge in [-0.2, -0.15) is 14.6 Å². The Bertz CT molecular complexity index is 1410. The molecule has 3 aromatic rings. The van der Waals surface area contributed by atoms with E-state index >= 15 is 0 Å². The first-order valence-corrected chi connectivity index (χ1v) is 12.7. The number of methoxy groups -OCH3 is 1. The quantitative estimate of drug-likeness (QED) is 0.330. The van der Waals surface area contributed by atoms with Crippen molar-refractivity contribution in [1.29, 1.82) is 5.26 Å². The summed E-state index contributed by atoms with van der Waals surface area (Å²) in [7, 11) is -2.16. The van der Waals surface area contributed by atoms with Gasteiger partial charge in [0.15, 0.2) is 11.5 Å². The highest BCUT2D eigenvalue weighted by Gasteiger charge is 2.18. The zero-order chi connectivity index (χ0) is 24.9. The van der Waals surface area contributed by atoms with Gasteiger partial charge in [-0.05, 0) is 35.9 Å².